The molecule has 3 aromatic rings. The summed E-state index contributed by atoms with van der Waals surface area (Å²) in [5, 5.41) is 6.80. The number of benzene rings is 2. The molecule has 3 rings (SSSR count). The quantitative estimate of drug-likeness (QED) is 0.663. The fourth-order valence-corrected chi connectivity index (χ4v) is 2.68. The molecule has 3 N–H and O–H groups in total. The Morgan fingerprint density at radius 3 is 2.86 bits per heavy atom. The maximum Gasteiger partial charge on any atom is 0.319 e. The van der Waals surface area contributed by atoms with E-state index in [9.17, 15) is 4.79 Å². The number of anilines is 1. The Hall–Kier alpha value is -2.75. The van der Waals surface area contributed by atoms with Crippen LogP contribution in [-0.4, -0.2) is 17.6 Å². The number of hydrogen-bond acceptors (Lipinski definition) is 1. The molecule has 4 nitrogen and oxygen atoms in total. The van der Waals surface area contributed by atoms with E-state index in [1.807, 2.05) is 38.2 Å². The first kappa shape index (κ1) is 14.2. The van der Waals surface area contributed by atoms with Gasteiger partial charge in [0.15, 0.2) is 0 Å². The van der Waals surface area contributed by atoms with Gasteiger partial charge in [-0.25, -0.2) is 4.79 Å². The van der Waals surface area contributed by atoms with Gasteiger partial charge in [-0.15, -0.1) is 0 Å². The maximum absolute atomic E-state index is 11.7. The molecule has 0 saturated carbocycles. The summed E-state index contributed by atoms with van der Waals surface area (Å²) in [5.41, 5.74) is 5.26. The van der Waals surface area contributed by atoms with Crippen molar-refractivity contribution in [3.05, 3.63) is 54.2 Å². The Morgan fingerprint density at radius 1 is 1.18 bits per heavy atom. The second-order valence-electron chi connectivity index (χ2n) is 5.32. The van der Waals surface area contributed by atoms with Crippen molar-refractivity contribution in [1.82, 2.24) is 10.3 Å². The summed E-state index contributed by atoms with van der Waals surface area (Å²) in [5.74, 6) is 0. The van der Waals surface area contributed by atoms with E-state index in [0.717, 1.165) is 27.9 Å². The van der Waals surface area contributed by atoms with Crippen LogP contribution in [-0.2, 0) is 0 Å². The number of rotatable bonds is 3. The molecule has 0 aliphatic carbocycles. The van der Waals surface area contributed by atoms with E-state index in [0.29, 0.717) is 6.54 Å². The standard InChI is InChI=1S/C18H19N3O/c1-3-19-18(22)21-14-10-12(2)9-13(11-14)15-5-4-6-17-16(15)7-8-20-17/h4-11,20H,3H2,1-2H3,(H2,19,21,22). The van der Waals surface area contributed by atoms with Crippen LogP contribution in [0, 0.1) is 6.92 Å². The van der Waals surface area contributed by atoms with Gasteiger partial charge >= 0.3 is 6.03 Å². The van der Waals surface area contributed by atoms with Crippen molar-refractivity contribution in [3.8, 4) is 11.1 Å². The number of urea groups is 1. The van der Waals surface area contributed by atoms with Crippen molar-refractivity contribution >= 4 is 22.6 Å². The topological polar surface area (TPSA) is 56.9 Å². The second kappa shape index (κ2) is 5.93. The number of fused-ring (bicyclic) bond motifs is 1. The Labute approximate surface area is 129 Å². The van der Waals surface area contributed by atoms with Crippen molar-refractivity contribution in [2.24, 2.45) is 0 Å². The van der Waals surface area contributed by atoms with Gasteiger partial charge < -0.3 is 15.6 Å². The molecule has 0 atom stereocenters. The molecular formula is C18H19N3O. The summed E-state index contributed by atoms with van der Waals surface area (Å²) in [4.78, 5) is 14.9. The van der Waals surface area contributed by atoms with Gasteiger partial charge in [0.2, 0.25) is 0 Å². The third-order valence-corrected chi connectivity index (χ3v) is 3.58. The minimum Gasteiger partial charge on any atom is -0.361 e. The van der Waals surface area contributed by atoms with Gasteiger partial charge in [0.05, 0.1) is 0 Å². The molecular weight excluding hydrogens is 274 g/mol. The van der Waals surface area contributed by atoms with Crippen LogP contribution in [0.5, 0.6) is 0 Å². The van der Waals surface area contributed by atoms with Gasteiger partial charge in [-0.2, -0.15) is 0 Å². The first-order valence-electron chi connectivity index (χ1n) is 7.40. The normalized spacial score (nSPS) is 10.6. The minimum absolute atomic E-state index is 0.182. The van der Waals surface area contributed by atoms with E-state index < -0.39 is 0 Å². The van der Waals surface area contributed by atoms with E-state index >= 15 is 0 Å². The third-order valence-electron chi connectivity index (χ3n) is 3.58. The molecule has 1 heterocycles. The predicted molar refractivity (Wildman–Crippen MR) is 91.2 cm³/mol. The average Bonchev–Trinajstić information content (AvgIpc) is 2.95. The third kappa shape index (κ3) is 2.81. The number of carbonyl (C=O) groups excluding carboxylic acids is 1. The van der Waals surface area contributed by atoms with Gasteiger partial charge in [-0.05, 0) is 54.8 Å². The van der Waals surface area contributed by atoms with E-state index in [1.54, 1.807) is 0 Å². The number of aromatic amines is 1. The monoisotopic (exact) mass is 293 g/mol. The number of aromatic nitrogens is 1. The molecule has 2 aromatic carbocycles. The van der Waals surface area contributed by atoms with E-state index in [-0.39, 0.29) is 6.03 Å². The fraction of sp³-hybridized carbons (Fsp3) is 0.167. The first-order valence-corrected chi connectivity index (χ1v) is 7.40. The van der Waals surface area contributed by atoms with Crippen LogP contribution in [0.4, 0.5) is 10.5 Å². The van der Waals surface area contributed by atoms with Gasteiger partial charge in [0.25, 0.3) is 0 Å². The SMILES string of the molecule is CCNC(=O)Nc1cc(C)cc(-c2cccc3[nH]ccc23)c1. The molecule has 1 aromatic heterocycles. The molecule has 0 spiro atoms. The Kier molecular flexibility index (Phi) is 3.83. The summed E-state index contributed by atoms with van der Waals surface area (Å²) in [6, 6.07) is 14.2. The van der Waals surface area contributed by atoms with Gasteiger partial charge in [-0.1, -0.05) is 18.2 Å². The molecule has 0 bridgehead atoms. The highest BCUT2D eigenvalue weighted by Gasteiger charge is 2.08. The Morgan fingerprint density at radius 2 is 2.05 bits per heavy atom. The lowest BCUT2D eigenvalue weighted by molar-refractivity contribution is 0.252. The zero-order valence-electron chi connectivity index (χ0n) is 12.7. The number of nitrogens with one attached hydrogen (secondary N) is 3. The van der Waals surface area contributed by atoms with Crippen molar-refractivity contribution in [1.29, 1.82) is 0 Å². The number of H-pyrrole nitrogens is 1. The smallest absolute Gasteiger partial charge is 0.319 e. The molecule has 0 aliphatic heterocycles. The average molecular weight is 293 g/mol. The molecule has 112 valence electrons. The van der Waals surface area contributed by atoms with Gasteiger partial charge in [0, 0.05) is 29.3 Å². The molecule has 0 fully saturated rings. The summed E-state index contributed by atoms with van der Waals surface area (Å²) < 4.78 is 0. The fourth-order valence-electron chi connectivity index (χ4n) is 2.68. The van der Waals surface area contributed by atoms with Crippen LogP contribution < -0.4 is 10.6 Å². The highest BCUT2D eigenvalue weighted by molar-refractivity contribution is 5.96. The summed E-state index contributed by atoms with van der Waals surface area (Å²) in [6.45, 7) is 4.53. The largest absolute Gasteiger partial charge is 0.361 e. The van der Waals surface area contributed by atoms with E-state index in [4.69, 9.17) is 0 Å². The highest BCUT2D eigenvalue weighted by Crippen LogP contribution is 2.30. The Balaban J connectivity index is 2.02. The van der Waals surface area contributed by atoms with Crippen LogP contribution in [0.25, 0.3) is 22.0 Å². The molecule has 22 heavy (non-hydrogen) atoms. The predicted octanol–water partition coefficient (Wildman–Crippen LogP) is 4.28. The minimum atomic E-state index is -0.182. The van der Waals surface area contributed by atoms with Crippen LogP contribution in [0.2, 0.25) is 0 Å². The highest BCUT2D eigenvalue weighted by atomic mass is 16.2. The molecule has 2 amide bonds. The molecule has 0 aliphatic rings. The van der Waals surface area contributed by atoms with Crippen LogP contribution in [0.1, 0.15) is 12.5 Å². The van der Waals surface area contributed by atoms with Crippen molar-refractivity contribution in [2.75, 3.05) is 11.9 Å². The lowest BCUT2D eigenvalue weighted by Crippen LogP contribution is -2.28. The van der Waals surface area contributed by atoms with Crippen molar-refractivity contribution in [3.63, 3.8) is 0 Å². The molecule has 0 saturated heterocycles. The van der Waals surface area contributed by atoms with Crippen LogP contribution in [0.15, 0.2) is 48.7 Å². The number of hydrogen-bond donors (Lipinski definition) is 3. The van der Waals surface area contributed by atoms with E-state index in [2.05, 4.69) is 39.9 Å². The van der Waals surface area contributed by atoms with Gasteiger partial charge in [-0.3, -0.25) is 0 Å². The summed E-state index contributed by atoms with van der Waals surface area (Å²) in [6.07, 6.45) is 1.94. The number of carbonyl (C=O) groups is 1. The summed E-state index contributed by atoms with van der Waals surface area (Å²) in [7, 11) is 0. The van der Waals surface area contributed by atoms with Crippen molar-refractivity contribution in [2.45, 2.75) is 13.8 Å². The lowest BCUT2D eigenvalue weighted by Gasteiger charge is -2.11. The Bertz CT molecular complexity index is 820. The van der Waals surface area contributed by atoms with Crippen LogP contribution >= 0.6 is 0 Å². The van der Waals surface area contributed by atoms with Crippen molar-refractivity contribution < 1.29 is 4.79 Å². The zero-order valence-corrected chi connectivity index (χ0v) is 12.7. The maximum atomic E-state index is 11.7. The number of aryl methyl sites for hydroxylation is 1. The van der Waals surface area contributed by atoms with E-state index in [1.165, 1.54) is 5.39 Å². The molecule has 4 heteroatoms. The zero-order chi connectivity index (χ0) is 15.5. The van der Waals surface area contributed by atoms with Gasteiger partial charge in [0.1, 0.15) is 0 Å². The molecule has 0 unspecified atom stereocenters. The number of amides is 2. The first-order chi connectivity index (χ1) is 10.7. The summed E-state index contributed by atoms with van der Waals surface area (Å²) >= 11 is 0. The van der Waals surface area contributed by atoms with Crippen LogP contribution in [0.3, 0.4) is 0 Å². The molecule has 0 radical (unpaired) electrons. The second-order valence-corrected chi connectivity index (χ2v) is 5.32. The lowest BCUT2D eigenvalue weighted by atomic mass is 9.99.